The Balaban J connectivity index is 1.57. The molecule has 6 nitrogen and oxygen atoms in total. The Morgan fingerprint density at radius 2 is 1.81 bits per heavy atom. The molecule has 0 spiro atoms. The number of fused-ring (bicyclic) bond motifs is 2. The lowest BCUT2D eigenvalue weighted by molar-refractivity contribution is 0.471. The minimum atomic E-state index is 0.225. The predicted octanol–water partition coefficient (Wildman–Crippen LogP) is 3.50. The molecule has 0 atom stereocenters. The molecule has 1 aliphatic rings. The molecule has 0 fully saturated rings. The number of phenols is 1. The van der Waals surface area contributed by atoms with Gasteiger partial charge in [0, 0.05) is 11.5 Å². The van der Waals surface area contributed by atoms with E-state index in [1.807, 2.05) is 19.1 Å². The molecule has 1 aliphatic carbocycles. The van der Waals surface area contributed by atoms with Gasteiger partial charge in [-0.05, 0) is 42.5 Å². The maximum absolute atomic E-state index is 10.0. The molecule has 2 aromatic carbocycles. The highest BCUT2D eigenvalue weighted by atomic mass is 16.3. The molecule has 134 valence electrons. The van der Waals surface area contributed by atoms with Gasteiger partial charge in [-0.25, -0.2) is 9.97 Å². The average molecular weight is 357 g/mol. The van der Waals surface area contributed by atoms with E-state index in [0.717, 1.165) is 29.8 Å². The fraction of sp³-hybridized carbons (Fsp3) is 0.190. The zero-order valence-corrected chi connectivity index (χ0v) is 14.9. The number of anilines is 1. The number of rotatable bonds is 2. The van der Waals surface area contributed by atoms with E-state index in [1.54, 1.807) is 6.07 Å². The second-order valence-electron chi connectivity index (χ2n) is 7.14. The van der Waals surface area contributed by atoms with Gasteiger partial charge in [-0.15, -0.1) is 0 Å². The molecule has 0 aliphatic heterocycles. The summed E-state index contributed by atoms with van der Waals surface area (Å²) < 4.78 is 0. The number of H-pyrrole nitrogens is 1. The van der Waals surface area contributed by atoms with Crippen molar-refractivity contribution in [3.05, 3.63) is 65.0 Å². The van der Waals surface area contributed by atoms with Gasteiger partial charge in [0.05, 0.1) is 5.39 Å². The van der Waals surface area contributed by atoms with E-state index in [4.69, 9.17) is 10.7 Å². The van der Waals surface area contributed by atoms with Gasteiger partial charge in [0.15, 0.2) is 5.65 Å². The summed E-state index contributed by atoms with van der Waals surface area (Å²) in [5.41, 5.74) is 11.9. The van der Waals surface area contributed by atoms with Crippen molar-refractivity contribution in [3.8, 4) is 17.0 Å². The lowest BCUT2D eigenvalue weighted by Gasteiger charge is -2.09. The van der Waals surface area contributed by atoms with Crippen molar-refractivity contribution in [2.45, 2.75) is 25.7 Å². The van der Waals surface area contributed by atoms with E-state index in [9.17, 15) is 5.11 Å². The Labute approximate surface area is 156 Å². The van der Waals surface area contributed by atoms with E-state index < -0.39 is 0 Å². The summed E-state index contributed by atoms with van der Waals surface area (Å²) in [7, 11) is 0. The summed E-state index contributed by atoms with van der Waals surface area (Å²) >= 11 is 0. The average Bonchev–Trinajstić information content (AvgIpc) is 3.28. The third-order valence-corrected chi connectivity index (χ3v) is 5.36. The molecule has 6 heteroatoms. The fourth-order valence-corrected chi connectivity index (χ4v) is 3.86. The first-order chi connectivity index (χ1) is 13.1. The summed E-state index contributed by atoms with van der Waals surface area (Å²) in [6, 6.07) is 13.9. The molecule has 0 saturated heterocycles. The Bertz CT molecular complexity index is 1160. The predicted molar refractivity (Wildman–Crippen MR) is 105 cm³/mol. The normalized spacial score (nSPS) is 14.0. The fourth-order valence-electron chi connectivity index (χ4n) is 3.86. The van der Waals surface area contributed by atoms with Gasteiger partial charge in [0.2, 0.25) is 0 Å². The van der Waals surface area contributed by atoms with Crippen molar-refractivity contribution in [3.63, 3.8) is 0 Å². The maximum atomic E-state index is 10.0. The second-order valence-corrected chi connectivity index (χ2v) is 7.14. The SMILES string of the molecule is Cc1ccc(-c2n[nH]c3nc(C4Cc5ccccc5C4)nc(N)c23)cc1O. The molecule has 4 N–H and O–H groups in total. The smallest absolute Gasteiger partial charge is 0.161 e. The van der Waals surface area contributed by atoms with Gasteiger partial charge in [-0.2, -0.15) is 5.10 Å². The summed E-state index contributed by atoms with van der Waals surface area (Å²) in [6.07, 6.45) is 1.85. The van der Waals surface area contributed by atoms with Crippen molar-refractivity contribution in [1.29, 1.82) is 0 Å². The highest BCUT2D eigenvalue weighted by Crippen LogP contribution is 2.36. The Hall–Kier alpha value is -3.41. The summed E-state index contributed by atoms with van der Waals surface area (Å²) in [4.78, 5) is 9.32. The van der Waals surface area contributed by atoms with Crippen molar-refractivity contribution in [1.82, 2.24) is 20.2 Å². The summed E-state index contributed by atoms with van der Waals surface area (Å²) in [5, 5.41) is 18.1. The van der Waals surface area contributed by atoms with Gasteiger partial charge < -0.3 is 10.8 Å². The quantitative estimate of drug-likeness (QED) is 0.510. The third kappa shape index (κ3) is 2.52. The number of hydrogen-bond acceptors (Lipinski definition) is 5. The van der Waals surface area contributed by atoms with Gasteiger partial charge in [-0.1, -0.05) is 36.4 Å². The van der Waals surface area contributed by atoms with Gasteiger partial charge in [0.25, 0.3) is 0 Å². The molecule has 0 saturated carbocycles. The van der Waals surface area contributed by atoms with E-state index >= 15 is 0 Å². The number of phenolic OH excluding ortho intramolecular Hbond substituents is 1. The first-order valence-corrected chi connectivity index (χ1v) is 8.98. The zero-order valence-electron chi connectivity index (χ0n) is 14.9. The van der Waals surface area contributed by atoms with E-state index in [0.29, 0.717) is 22.5 Å². The van der Waals surface area contributed by atoms with Crippen LogP contribution in [0.25, 0.3) is 22.3 Å². The number of benzene rings is 2. The van der Waals surface area contributed by atoms with Crippen LogP contribution < -0.4 is 5.73 Å². The summed E-state index contributed by atoms with van der Waals surface area (Å²) in [6.45, 7) is 1.85. The molecule has 0 bridgehead atoms. The monoisotopic (exact) mass is 357 g/mol. The molecule has 2 heterocycles. The summed E-state index contributed by atoms with van der Waals surface area (Å²) in [5.74, 6) is 1.61. The van der Waals surface area contributed by atoms with Gasteiger partial charge >= 0.3 is 0 Å². The largest absolute Gasteiger partial charge is 0.508 e. The van der Waals surface area contributed by atoms with E-state index in [1.165, 1.54) is 11.1 Å². The molecule has 0 radical (unpaired) electrons. The van der Waals surface area contributed by atoms with Crippen LogP contribution in [0.3, 0.4) is 0 Å². The first-order valence-electron chi connectivity index (χ1n) is 8.98. The number of hydrogen-bond donors (Lipinski definition) is 3. The molecule has 5 rings (SSSR count). The Morgan fingerprint density at radius 3 is 2.52 bits per heavy atom. The number of nitrogen functional groups attached to an aromatic ring is 1. The number of aromatic amines is 1. The Morgan fingerprint density at radius 1 is 1.07 bits per heavy atom. The minimum absolute atomic E-state index is 0.225. The highest BCUT2D eigenvalue weighted by molar-refractivity contribution is 5.98. The van der Waals surface area contributed by atoms with Crippen LogP contribution in [0.4, 0.5) is 5.82 Å². The highest BCUT2D eigenvalue weighted by Gasteiger charge is 2.26. The molecule has 0 amide bonds. The van der Waals surface area contributed by atoms with Crippen molar-refractivity contribution < 1.29 is 5.11 Å². The van der Waals surface area contributed by atoms with Gasteiger partial charge in [0.1, 0.15) is 23.1 Å². The van der Waals surface area contributed by atoms with Crippen LogP contribution in [-0.2, 0) is 12.8 Å². The lowest BCUT2D eigenvalue weighted by Crippen LogP contribution is -2.07. The zero-order chi connectivity index (χ0) is 18.5. The minimum Gasteiger partial charge on any atom is -0.508 e. The first kappa shape index (κ1) is 15.8. The third-order valence-electron chi connectivity index (χ3n) is 5.36. The number of aryl methyl sites for hydroxylation is 1. The second kappa shape index (κ2) is 5.81. The number of nitrogens with zero attached hydrogens (tertiary/aromatic N) is 3. The van der Waals surface area contributed by atoms with Crippen LogP contribution in [0.2, 0.25) is 0 Å². The molecular weight excluding hydrogens is 338 g/mol. The van der Waals surface area contributed by atoms with Crippen LogP contribution in [0.5, 0.6) is 5.75 Å². The molecule has 0 unspecified atom stereocenters. The van der Waals surface area contributed by atoms with E-state index in [2.05, 4.69) is 39.4 Å². The maximum Gasteiger partial charge on any atom is 0.161 e. The lowest BCUT2D eigenvalue weighted by atomic mass is 10.0. The number of aromatic nitrogens is 4. The van der Waals surface area contributed by atoms with Crippen LogP contribution in [0.1, 0.15) is 28.4 Å². The van der Waals surface area contributed by atoms with Crippen LogP contribution in [0.15, 0.2) is 42.5 Å². The van der Waals surface area contributed by atoms with Crippen molar-refractivity contribution >= 4 is 16.9 Å². The molecule has 2 aromatic heterocycles. The van der Waals surface area contributed by atoms with E-state index in [-0.39, 0.29) is 11.7 Å². The molecule has 4 aromatic rings. The van der Waals surface area contributed by atoms with Gasteiger partial charge in [-0.3, -0.25) is 5.10 Å². The topological polar surface area (TPSA) is 101 Å². The standard InChI is InChI=1S/C21H19N5O/c1-11-6-7-14(10-16(11)27)18-17-19(22)23-20(24-21(17)26-25-18)15-8-12-4-2-3-5-13(12)9-15/h2-7,10,15,27H,8-9H2,1H3,(H3,22,23,24,25,26). The van der Waals surface area contributed by atoms with Crippen LogP contribution >= 0.6 is 0 Å². The van der Waals surface area contributed by atoms with Crippen molar-refractivity contribution in [2.75, 3.05) is 5.73 Å². The van der Waals surface area contributed by atoms with Crippen LogP contribution in [-0.4, -0.2) is 25.3 Å². The molecule has 27 heavy (non-hydrogen) atoms. The number of nitrogens with two attached hydrogens (primary N) is 1. The number of nitrogens with one attached hydrogen (secondary N) is 1. The van der Waals surface area contributed by atoms with Crippen molar-refractivity contribution in [2.24, 2.45) is 0 Å². The van der Waals surface area contributed by atoms with Crippen LogP contribution in [0, 0.1) is 6.92 Å². The Kier molecular flexibility index (Phi) is 3.40. The number of aromatic hydroxyl groups is 1. The molecular formula is C21H19N5O.